The van der Waals surface area contributed by atoms with Crippen LogP contribution in [0.3, 0.4) is 0 Å². The van der Waals surface area contributed by atoms with Crippen molar-refractivity contribution in [3.05, 3.63) is 0 Å². The maximum absolute atomic E-state index is 12.4. The Morgan fingerprint density at radius 3 is 2.42 bits per heavy atom. The highest BCUT2D eigenvalue weighted by Crippen LogP contribution is 2.29. The zero-order valence-electron chi connectivity index (χ0n) is 15.9. The summed E-state index contributed by atoms with van der Waals surface area (Å²) in [6.07, 6.45) is -1.39. The maximum atomic E-state index is 12.4. The van der Waals surface area contributed by atoms with Crippen molar-refractivity contribution in [2.24, 2.45) is 10.9 Å². The second-order valence-electron chi connectivity index (χ2n) is 7.63. The molecule has 0 aromatic heterocycles. The number of rotatable bonds is 4. The number of nitrogens with one attached hydrogen (secondary N) is 1. The van der Waals surface area contributed by atoms with E-state index in [4.69, 9.17) is 0 Å². The van der Waals surface area contributed by atoms with E-state index in [9.17, 15) is 13.2 Å². The molecule has 2 rings (SSSR count). The number of nitrogens with zero attached hydrogens (tertiary/aromatic N) is 3. The molecular weight excluding hydrogens is 476 g/mol. The van der Waals surface area contributed by atoms with Gasteiger partial charge in [-0.3, -0.25) is 9.89 Å². The number of hydrogen-bond acceptors (Lipinski definition) is 3. The molecule has 0 aliphatic carbocycles. The minimum atomic E-state index is -4.08. The molecule has 0 aromatic carbocycles. The van der Waals surface area contributed by atoms with Crippen LogP contribution in [0.4, 0.5) is 13.2 Å². The Balaban J connectivity index is 0.00000338. The molecule has 4 nitrogen and oxygen atoms in total. The molecule has 0 saturated carbocycles. The molecular formula is C17H32F3IN4S. The molecule has 2 saturated heterocycles. The van der Waals surface area contributed by atoms with Crippen LogP contribution < -0.4 is 5.32 Å². The van der Waals surface area contributed by atoms with E-state index in [-0.39, 0.29) is 28.7 Å². The fourth-order valence-electron chi connectivity index (χ4n) is 3.60. The molecule has 0 unspecified atom stereocenters. The molecule has 0 aromatic rings. The van der Waals surface area contributed by atoms with Gasteiger partial charge >= 0.3 is 6.18 Å². The topological polar surface area (TPSA) is 30.9 Å². The smallest absolute Gasteiger partial charge is 0.356 e. The van der Waals surface area contributed by atoms with Crippen LogP contribution in [0.1, 0.15) is 33.1 Å². The molecule has 1 N–H and O–H groups in total. The highest BCUT2D eigenvalue weighted by atomic mass is 127. The van der Waals surface area contributed by atoms with Gasteiger partial charge in [-0.15, -0.1) is 24.0 Å². The van der Waals surface area contributed by atoms with Gasteiger partial charge in [-0.25, -0.2) is 0 Å². The van der Waals surface area contributed by atoms with E-state index in [2.05, 4.69) is 29.1 Å². The van der Waals surface area contributed by atoms with E-state index >= 15 is 0 Å². The average molecular weight is 508 g/mol. The van der Waals surface area contributed by atoms with E-state index in [0.29, 0.717) is 19.0 Å². The molecule has 26 heavy (non-hydrogen) atoms. The van der Waals surface area contributed by atoms with Gasteiger partial charge in [-0.1, -0.05) is 0 Å². The normalized spacial score (nSPS) is 22.8. The number of halogens is 4. The molecule has 154 valence electrons. The van der Waals surface area contributed by atoms with Crippen molar-refractivity contribution in [2.45, 2.75) is 44.0 Å². The van der Waals surface area contributed by atoms with Gasteiger partial charge in [0.25, 0.3) is 0 Å². The number of piperidine rings is 1. The van der Waals surface area contributed by atoms with E-state index in [1.165, 1.54) is 4.90 Å². The minimum absolute atomic E-state index is 0. The number of guanidine groups is 1. The lowest BCUT2D eigenvalue weighted by atomic mass is 9.93. The first-order valence-electron chi connectivity index (χ1n) is 9.07. The third-order valence-electron chi connectivity index (χ3n) is 4.88. The van der Waals surface area contributed by atoms with E-state index < -0.39 is 12.7 Å². The van der Waals surface area contributed by atoms with E-state index in [1.807, 2.05) is 18.8 Å². The summed E-state index contributed by atoms with van der Waals surface area (Å²) in [6.45, 7) is 7.66. The van der Waals surface area contributed by atoms with Gasteiger partial charge in [0.15, 0.2) is 5.96 Å². The van der Waals surface area contributed by atoms with Crippen LogP contribution in [-0.4, -0.2) is 78.8 Å². The van der Waals surface area contributed by atoms with Crippen LogP contribution in [0.25, 0.3) is 0 Å². The van der Waals surface area contributed by atoms with Gasteiger partial charge in [-0.2, -0.15) is 24.9 Å². The lowest BCUT2D eigenvalue weighted by Gasteiger charge is -2.39. The molecule has 2 heterocycles. The summed E-state index contributed by atoms with van der Waals surface area (Å²) in [5.74, 6) is 2.55. The van der Waals surface area contributed by atoms with Crippen molar-refractivity contribution in [1.29, 1.82) is 0 Å². The first kappa shape index (κ1) is 24.1. The zero-order chi connectivity index (χ0) is 18.5. The predicted molar refractivity (Wildman–Crippen MR) is 115 cm³/mol. The maximum Gasteiger partial charge on any atom is 0.401 e. The Labute approximate surface area is 176 Å². The summed E-state index contributed by atoms with van der Waals surface area (Å²) in [6, 6.07) is 0. The first-order valence-corrected chi connectivity index (χ1v) is 10.1. The molecule has 0 bridgehead atoms. The first-order chi connectivity index (χ1) is 11.7. The Hall–Kier alpha value is 0.1000. The number of likely N-dealkylation sites (tertiary alicyclic amines) is 1. The minimum Gasteiger partial charge on any atom is -0.356 e. The number of hydrogen-bond donors (Lipinski definition) is 1. The van der Waals surface area contributed by atoms with Gasteiger partial charge in [0.05, 0.1) is 6.54 Å². The van der Waals surface area contributed by atoms with Gasteiger partial charge < -0.3 is 10.2 Å². The molecule has 0 spiro atoms. The van der Waals surface area contributed by atoms with E-state index in [1.54, 1.807) is 0 Å². The Kier molecular flexibility index (Phi) is 9.83. The fourth-order valence-corrected chi connectivity index (χ4v) is 4.72. The summed E-state index contributed by atoms with van der Waals surface area (Å²) in [5, 5.41) is 3.45. The third kappa shape index (κ3) is 8.41. The van der Waals surface area contributed by atoms with Crippen LogP contribution in [0, 0.1) is 5.92 Å². The second-order valence-corrected chi connectivity index (χ2v) is 9.43. The van der Waals surface area contributed by atoms with Gasteiger partial charge in [0, 0.05) is 37.2 Å². The standard InChI is InChI=1S/C17H31F3N4S.HI/c1-16(2)12-24(10-11-25-16)15(21-3)22-7-4-14-5-8-23(9-6-14)13-17(18,19)20;/h14H,4-13H2,1-3H3,(H,21,22);1H. The fraction of sp³-hybridized carbons (Fsp3) is 0.941. The summed E-state index contributed by atoms with van der Waals surface area (Å²) < 4.78 is 37.5. The molecule has 0 atom stereocenters. The molecule has 0 radical (unpaired) electrons. The van der Waals surface area contributed by atoms with Crippen molar-refractivity contribution in [2.75, 3.05) is 52.1 Å². The van der Waals surface area contributed by atoms with Crippen molar-refractivity contribution in [3.63, 3.8) is 0 Å². The predicted octanol–water partition coefficient (Wildman–Crippen LogP) is 3.67. The van der Waals surface area contributed by atoms with E-state index in [0.717, 1.165) is 50.6 Å². The Morgan fingerprint density at radius 1 is 1.23 bits per heavy atom. The van der Waals surface area contributed by atoms with Gasteiger partial charge in [-0.05, 0) is 52.1 Å². The van der Waals surface area contributed by atoms with Crippen molar-refractivity contribution in [1.82, 2.24) is 15.1 Å². The lowest BCUT2D eigenvalue weighted by Crippen LogP contribution is -2.51. The van der Waals surface area contributed by atoms with Crippen molar-refractivity contribution < 1.29 is 13.2 Å². The molecule has 9 heteroatoms. The van der Waals surface area contributed by atoms with Crippen LogP contribution in [0.5, 0.6) is 0 Å². The van der Waals surface area contributed by atoms with Crippen molar-refractivity contribution in [3.8, 4) is 0 Å². The number of aliphatic imine (C=N–C) groups is 1. The summed E-state index contributed by atoms with van der Waals surface area (Å²) in [4.78, 5) is 8.23. The molecule has 2 aliphatic rings. The second kappa shape index (κ2) is 10.6. The quantitative estimate of drug-likeness (QED) is 0.357. The lowest BCUT2D eigenvalue weighted by molar-refractivity contribution is -0.148. The van der Waals surface area contributed by atoms with Gasteiger partial charge in [0.2, 0.25) is 0 Å². The van der Waals surface area contributed by atoms with Crippen LogP contribution >= 0.6 is 35.7 Å². The summed E-state index contributed by atoms with van der Waals surface area (Å²) in [5.41, 5.74) is 0. The molecule has 2 fully saturated rings. The van der Waals surface area contributed by atoms with Crippen LogP contribution in [0.15, 0.2) is 4.99 Å². The number of thioether (sulfide) groups is 1. The number of alkyl halides is 3. The molecule has 0 amide bonds. The van der Waals surface area contributed by atoms with Crippen molar-refractivity contribution >= 4 is 41.7 Å². The third-order valence-corrected chi connectivity index (χ3v) is 6.18. The van der Waals surface area contributed by atoms with Crippen LogP contribution in [0.2, 0.25) is 0 Å². The van der Waals surface area contributed by atoms with Gasteiger partial charge in [0.1, 0.15) is 0 Å². The highest BCUT2D eigenvalue weighted by Gasteiger charge is 2.32. The largest absolute Gasteiger partial charge is 0.401 e. The monoisotopic (exact) mass is 508 g/mol. The zero-order valence-corrected chi connectivity index (χ0v) is 19.1. The SMILES string of the molecule is CN=C(NCCC1CCN(CC(F)(F)F)CC1)N1CCSC(C)(C)C1.I. The average Bonchev–Trinajstić information content (AvgIpc) is 2.50. The summed E-state index contributed by atoms with van der Waals surface area (Å²) in [7, 11) is 1.81. The van der Waals surface area contributed by atoms with Crippen LogP contribution in [-0.2, 0) is 0 Å². The summed E-state index contributed by atoms with van der Waals surface area (Å²) >= 11 is 1.99. The Bertz CT molecular complexity index is 452. The molecule has 2 aliphatic heterocycles. The highest BCUT2D eigenvalue weighted by molar-refractivity contribution is 14.0. The Morgan fingerprint density at radius 2 is 1.88 bits per heavy atom.